The molecule has 0 aliphatic heterocycles. The van der Waals surface area contributed by atoms with Gasteiger partial charge in [0, 0.05) is 0 Å². The fourth-order valence-corrected chi connectivity index (χ4v) is 0.555. The summed E-state index contributed by atoms with van der Waals surface area (Å²) in [5.74, 6) is 0.576. The average molecular weight is 130 g/mol. The number of para-hydroxylation sites is 1. The smallest absolute Gasteiger partial charge is 1.00 e. The van der Waals surface area contributed by atoms with Gasteiger partial charge in [-0.2, -0.15) is 0 Å². The van der Waals surface area contributed by atoms with Crippen LogP contribution in [0.5, 0.6) is 5.75 Å². The van der Waals surface area contributed by atoms with Crippen LogP contribution in [0.15, 0.2) is 30.3 Å². The van der Waals surface area contributed by atoms with Crippen LogP contribution in [0.2, 0.25) is 0 Å². The summed E-state index contributed by atoms with van der Waals surface area (Å²) in [6, 6.07) is 8.90. The van der Waals surface area contributed by atoms with Crippen LogP contribution in [-0.4, -0.2) is 6.47 Å². The predicted molar refractivity (Wildman–Crippen MR) is 34.2 cm³/mol. The monoisotopic (exact) mass is 130 g/mol. The van der Waals surface area contributed by atoms with Crippen LogP contribution in [0.4, 0.5) is 0 Å². The Morgan fingerprint density at radius 3 is 2.40 bits per heavy atom. The summed E-state index contributed by atoms with van der Waals surface area (Å²) in [5.41, 5.74) is 0. The molecular weight excluding hydrogens is 123 g/mol. The molecule has 0 N–H and O–H groups in total. The van der Waals surface area contributed by atoms with Crippen molar-refractivity contribution in [2.24, 2.45) is 0 Å². The third kappa shape index (κ3) is 2.72. The minimum Gasteiger partial charge on any atom is -1.00 e. The molecule has 0 amide bonds. The first kappa shape index (κ1) is 9.29. The summed E-state index contributed by atoms with van der Waals surface area (Å²) >= 11 is 0. The van der Waals surface area contributed by atoms with Gasteiger partial charge in [-0.15, -0.1) is 0 Å². The van der Waals surface area contributed by atoms with Gasteiger partial charge in [-0.1, -0.05) is 18.2 Å². The van der Waals surface area contributed by atoms with Crippen molar-refractivity contribution in [3.05, 3.63) is 30.3 Å². The SMILES string of the molecule is O=COc1ccccc1.[H-].[Li+]. The summed E-state index contributed by atoms with van der Waals surface area (Å²) in [7, 11) is 0. The Labute approximate surface area is 72.9 Å². The van der Waals surface area contributed by atoms with Gasteiger partial charge in [-0.25, -0.2) is 0 Å². The minimum absolute atomic E-state index is 0. The first-order valence-corrected chi connectivity index (χ1v) is 2.59. The second-order valence-corrected chi connectivity index (χ2v) is 1.53. The number of benzene rings is 1. The molecule has 2 nitrogen and oxygen atoms in total. The number of carbonyl (C=O) groups is 1. The van der Waals surface area contributed by atoms with E-state index in [2.05, 4.69) is 4.74 Å². The number of carbonyl (C=O) groups excluding carboxylic acids is 1. The van der Waals surface area contributed by atoms with Gasteiger partial charge >= 0.3 is 18.9 Å². The van der Waals surface area contributed by atoms with Gasteiger partial charge < -0.3 is 6.16 Å². The number of hydrogen-bond acceptors (Lipinski definition) is 2. The molecule has 0 saturated carbocycles. The van der Waals surface area contributed by atoms with E-state index < -0.39 is 0 Å². The van der Waals surface area contributed by atoms with E-state index in [0.29, 0.717) is 12.2 Å². The molecule has 0 bridgehead atoms. The Hall–Kier alpha value is -0.713. The molecule has 0 aliphatic carbocycles. The summed E-state index contributed by atoms with van der Waals surface area (Å²) in [5, 5.41) is 0. The van der Waals surface area contributed by atoms with Gasteiger partial charge in [0.05, 0.1) is 0 Å². The Kier molecular flexibility index (Phi) is 4.74. The van der Waals surface area contributed by atoms with Crippen molar-refractivity contribution in [3.63, 3.8) is 0 Å². The van der Waals surface area contributed by atoms with E-state index in [-0.39, 0.29) is 20.3 Å². The molecule has 0 saturated heterocycles. The third-order valence-electron chi connectivity index (χ3n) is 0.927. The predicted octanol–water partition coefficient (Wildman–Crippen LogP) is -1.66. The van der Waals surface area contributed by atoms with Crippen LogP contribution >= 0.6 is 0 Å². The van der Waals surface area contributed by atoms with Gasteiger partial charge in [0.15, 0.2) is 0 Å². The van der Waals surface area contributed by atoms with Gasteiger partial charge in [0.1, 0.15) is 5.75 Å². The van der Waals surface area contributed by atoms with Gasteiger partial charge in [-0.3, -0.25) is 4.79 Å². The zero-order chi connectivity index (χ0) is 6.53. The molecule has 0 fully saturated rings. The second kappa shape index (κ2) is 5.10. The molecule has 1 rings (SSSR count). The maximum atomic E-state index is 9.75. The first-order valence-electron chi connectivity index (χ1n) is 2.59. The van der Waals surface area contributed by atoms with E-state index in [1.54, 1.807) is 24.3 Å². The topological polar surface area (TPSA) is 26.3 Å². The fourth-order valence-electron chi connectivity index (χ4n) is 0.555. The van der Waals surface area contributed by atoms with Crippen LogP contribution < -0.4 is 23.6 Å². The number of ether oxygens (including phenoxy) is 1. The molecule has 0 aliphatic rings. The molecular formula is C7H7LiO2. The summed E-state index contributed by atoms with van der Waals surface area (Å²) in [6.07, 6.45) is 0. The number of rotatable bonds is 2. The molecule has 0 atom stereocenters. The fraction of sp³-hybridized carbons (Fsp3) is 0. The Morgan fingerprint density at radius 2 is 1.90 bits per heavy atom. The van der Waals surface area contributed by atoms with Crippen LogP contribution in [-0.2, 0) is 4.79 Å². The summed E-state index contributed by atoms with van der Waals surface area (Å²) in [6.45, 7) is 0.412. The summed E-state index contributed by atoms with van der Waals surface area (Å²) < 4.78 is 4.53. The van der Waals surface area contributed by atoms with E-state index in [0.717, 1.165) is 0 Å². The van der Waals surface area contributed by atoms with Crippen molar-refractivity contribution >= 4 is 6.47 Å². The van der Waals surface area contributed by atoms with Crippen molar-refractivity contribution in [1.82, 2.24) is 0 Å². The molecule has 3 heteroatoms. The van der Waals surface area contributed by atoms with Crippen molar-refractivity contribution in [1.29, 1.82) is 0 Å². The van der Waals surface area contributed by atoms with Crippen molar-refractivity contribution in [2.75, 3.05) is 0 Å². The minimum atomic E-state index is 0. The normalized spacial score (nSPS) is 7.60. The summed E-state index contributed by atoms with van der Waals surface area (Å²) in [4.78, 5) is 9.75. The van der Waals surface area contributed by atoms with Crippen molar-refractivity contribution in [3.8, 4) is 5.75 Å². The molecule has 0 unspecified atom stereocenters. The molecule has 0 radical (unpaired) electrons. The van der Waals surface area contributed by atoms with Crippen molar-refractivity contribution < 1.29 is 29.8 Å². The van der Waals surface area contributed by atoms with Gasteiger partial charge in [-0.05, 0) is 12.1 Å². The molecule has 1 aromatic carbocycles. The average Bonchev–Trinajstić information content (AvgIpc) is 1.91. The third-order valence-corrected chi connectivity index (χ3v) is 0.927. The Balaban J connectivity index is 0. The van der Waals surface area contributed by atoms with E-state index >= 15 is 0 Å². The molecule has 0 heterocycles. The number of hydrogen-bond donors (Lipinski definition) is 0. The molecule has 48 valence electrons. The van der Waals surface area contributed by atoms with Crippen LogP contribution in [0.3, 0.4) is 0 Å². The maximum absolute atomic E-state index is 9.75. The second-order valence-electron chi connectivity index (χ2n) is 1.53. The quantitative estimate of drug-likeness (QED) is 0.353. The van der Waals surface area contributed by atoms with Gasteiger partial charge in [0.25, 0.3) is 6.47 Å². The molecule has 1 aromatic rings. The zero-order valence-electron chi connectivity index (χ0n) is 6.78. The molecule has 0 spiro atoms. The van der Waals surface area contributed by atoms with Crippen LogP contribution in [0.1, 0.15) is 1.43 Å². The molecule has 0 aromatic heterocycles. The van der Waals surface area contributed by atoms with E-state index in [9.17, 15) is 4.79 Å². The maximum Gasteiger partial charge on any atom is 1.00 e. The van der Waals surface area contributed by atoms with Gasteiger partial charge in [0.2, 0.25) is 0 Å². The Morgan fingerprint density at radius 1 is 1.30 bits per heavy atom. The van der Waals surface area contributed by atoms with E-state index in [4.69, 9.17) is 0 Å². The molecule has 10 heavy (non-hydrogen) atoms. The first-order chi connectivity index (χ1) is 4.43. The van der Waals surface area contributed by atoms with Crippen molar-refractivity contribution in [2.45, 2.75) is 0 Å². The van der Waals surface area contributed by atoms with E-state index in [1.807, 2.05) is 6.07 Å². The zero-order valence-corrected chi connectivity index (χ0v) is 5.78. The van der Waals surface area contributed by atoms with Crippen LogP contribution in [0.25, 0.3) is 0 Å². The van der Waals surface area contributed by atoms with Crippen LogP contribution in [0, 0.1) is 0 Å². The largest absolute Gasteiger partial charge is 1.00 e. The van der Waals surface area contributed by atoms with E-state index in [1.165, 1.54) is 0 Å². The standard InChI is InChI=1S/C7H6O2.Li.H/c8-6-9-7-4-2-1-3-5-7;;/h1-6H;;/q;+1;-1. The Bertz CT molecular complexity index is 191.